The molecule has 68 valence electrons. The third-order valence-corrected chi connectivity index (χ3v) is 2.90. The minimum absolute atomic E-state index is 0.246. The van der Waals surface area contributed by atoms with E-state index in [0.29, 0.717) is 6.04 Å². The molecule has 0 spiro atoms. The van der Waals surface area contributed by atoms with Gasteiger partial charge in [0.1, 0.15) is 0 Å². The highest BCUT2D eigenvalue weighted by molar-refractivity contribution is 4.93. The maximum absolute atomic E-state index is 8.92. The number of hydrogen-bond donors (Lipinski definition) is 0. The maximum atomic E-state index is 8.92. The molecule has 1 rings (SSSR count). The molecule has 0 bridgehead atoms. The lowest BCUT2D eigenvalue weighted by atomic mass is 9.90. The van der Waals surface area contributed by atoms with Crippen LogP contribution in [0.5, 0.6) is 0 Å². The van der Waals surface area contributed by atoms with E-state index in [9.17, 15) is 0 Å². The maximum Gasteiger partial charge on any atom is 0.0672 e. The van der Waals surface area contributed by atoms with E-state index in [1.807, 2.05) is 0 Å². The molecule has 1 aliphatic rings. The molecule has 2 nitrogen and oxygen atoms in total. The van der Waals surface area contributed by atoms with E-state index >= 15 is 0 Å². The van der Waals surface area contributed by atoms with Gasteiger partial charge in [-0.1, -0.05) is 13.3 Å². The van der Waals surface area contributed by atoms with Crippen LogP contribution < -0.4 is 0 Å². The second-order valence-corrected chi connectivity index (χ2v) is 3.69. The highest BCUT2D eigenvalue weighted by Gasteiger charge is 2.25. The number of nitriles is 1. The van der Waals surface area contributed by atoms with E-state index < -0.39 is 0 Å². The first-order valence-electron chi connectivity index (χ1n) is 4.89. The average molecular weight is 166 g/mol. The molecule has 2 heteroatoms. The number of hydrogen-bond acceptors (Lipinski definition) is 2. The van der Waals surface area contributed by atoms with E-state index in [-0.39, 0.29) is 5.92 Å². The summed E-state index contributed by atoms with van der Waals surface area (Å²) in [6.45, 7) is 3.28. The van der Waals surface area contributed by atoms with Crippen molar-refractivity contribution in [2.24, 2.45) is 5.92 Å². The van der Waals surface area contributed by atoms with Crippen molar-refractivity contribution in [2.45, 2.75) is 38.6 Å². The Bertz CT molecular complexity index is 171. The molecule has 12 heavy (non-hydrogen) atoms. The van der Waals surface area contributed by atoms with Crippen LogP contribution in [0.4, 0.5) is 0 Å². The fourth-order valence-corrected chi connectivity index (χ4v) is 2.06. The van der Waals surface area contributed by atoms with Crippen LogP contribution in [0.1, 0.15) is 32.6 Å². The molecule has 1 heterocycles. The summed E-state index contributed by atoms with van der Waals surface area (Å²) >= 11 is 0. The average Bonchev–Trinajstić information content (AvgIpc) is 2.10. The summed E-state index contributed by atoms with van der Waals surface area (Å²) < 4.78 is 0. The molecule has 0 saturated carbocycles. The molecule has 0 amide bonds. The van der Waals surface area contributed by atoms with Gasteiger partial charge < -0.3 is 4.90 Å². The standard InChI is InChI=1S/C10H18N2/c1-3-9(8-11)10-6-4-5-7-12(10)2/h9-10H,3-7H2,1-2H3. The predicted octanol–water partition coefficient (Wildman–Crippen LogP) is 2.02. The Hall–Kier alpha value is -0.550. The molecule has 2 unspecified atom stereocenters. The topological polar surface area (TPSA) is 27.0 Å². The zero-order chi connectivity index (χ0) is 8.97. The van der Waals surface area contributed by atoms with Gasteiger partial charge in [-0.15, -0.1) is 0 Å². The van der Waals surface area contributed by atoms with Crippen molar-refractivity contribution in [2.75, 3.05) is 13.6 Å². The van der Waals surface area contributed by atoms with Crippen molar-refractivity contribution >= 4 is 0 Å². The Kier molecular flexibility index (Phi) is 3.55. The smallest absolute Gasteiger partial charge is 0.0672 e. The number of likely N-dealkylation sites (tertiary alicyclic amines) is 1. The highest BCUT2D eigenvalue weighted by atomic mass is 15.1. The quantitative estimate of drug-likeness (QED) is 0.627. The van der Waals surface area contributed by atoms with Crippen molar-refractivity contribution in [3.63, 3.8) is 0 Å². The number of rotatable bonds is 2. The Morgan fingerprint density at radius 1 is 1.58 bits per heavy atom. The second kappa shape index (κ2) is 4.47. The Balaban J connectivity index is 2.53. The molecular formula is C10H18N2. The molecular weight excluding hydrogens is 148 g/mol. The predicted molar refractivity (Wildman–Crippen MR) is 49.7 cm³/mol. The first kappa shape index (κ1) is 9.54. The van der Waals surface area contributed by atoms with Crippen LogP contribution in [0, 0.1) is 17.2 Å². The van der Waals surface area contributed by atoms with Crippen molar-refractivity contribution < 1.29 is 0 Å². The van der Waals surface area contributed by atoms with Gasteiger partial charge in [0.2, 0.25) is 0 Å². The van der Waals surface area contributed by atoms with Crippen LogP contribution in [0.3, 0.4) is 0 Å². The lowest BCUT2D eigenvalue weighted by Gasteiger charge is -2.34. The van der Waals surface area contributed by atoms with Crippen LogP contribution in [0.2, 0.25) is 0 Å². The lowest BCUT2D eigenvalue weighted by Crippen LogP contribution is -2.40. The van der Waals surface area contributed by atoms with Crippen LogP contribution in [0.15, 0.2) is 0 Å². The van der Waals surface area contributed by atoms with Gasteiger partial charge >= 0.3 is 0 Å². The van der Waals surface area contributed by atoms with Gasteiger partial charge in [-0.05, 0) is 32.9 Å². The summed E-state index contributed by atoms with van der Waals surface area (Å²) in [5, 5.41) is 8.92. The van der Waals surface area contributed by atoms with Crippen LogP contribution >= 0.6 is 0 Å². The molecule has 0 N–H and O–H groups in total. The fourth-order valence-electron chi connectivity index (χ4n) is 2.06. The van der Waals surface area contributed by atoms with E-state index in [4.69, 9.17) is 5.26 Å². The summed E-state index contributed by atoms with van der Waals surface area (Å²) in [7, 11) is 2.14. The molecule has 1 fully saturated rings. The summed E-state index contributed by atoms with van der Waals surface area (Å²) in [5.74, 6) is 0.246. The third kappa shape index (κ3) is 1.98. The molecule has 0 aliphatic carbocycles. The van der Waals surface area contributed by atoms with Gasteiger partial charge in [-0.3, -0.25) is 0 Å². The van der Waals surface area contributed by atoms with Gasteiger partial charge in [0.15, 0.2) is 0 Å². The van der Waals surface area contributed by atoms with Gasteiger partial charge in [0, 0.05) is 6.04 Å². The molecule has 0 aromatic heterocycles. The van der Waals surface area contributed by atoms with E-state index in [0.717, 1.165) is 6.42 Å². The molecule has 1 saturated heterocycles. The summed E-state index contributed by atoms with van der Waals surface area (Å²) in [5.41, 5.74) is 0. The zero-order valence-corrected chi connectivity index (χ0v) is 8.08. The van der Waals surface area contributed by atoms with Crippen molar-refractivity contribution in [3.05, 3.63) is 0 Å². The van der Waals surface area contributed by atoms with Crippen LogP contribution in [0.25, 0.3) is 0 Å². The highest BCUT2D eigenvalue weighted by Crippen LogP contribution is 2.23. The molecule has 0 radical (unpaired) electrons. The largest absolute Gasteiger partial charge is 0.302 e. The van der Waals surface area contributed by atoms with Gasteiger partial charge in [0.05, 0.1) is 12.0 Å². The monoisotopic (exact) mass is 166 g/mol. The molecule has 0 aromatic carbocycles. The minimum atomic E-state index is 0.246. The van der Waals surface area contributed by atoms with Gasteiger partial charge in [0.25, 0.3) is 0 Å². The first-order chi connectivity index (χ1) is 5.79. The van der Waals surface area contributed by atoms with Crippen LogP contribution in [-0.4, -0.2) is 24.5 Å². The van der Waals surface area contributed by atoms with Crippen LogP contribution in [-0.2, 0) is 0 Å². The Labute approximate surface area is 75.2 Å². The molecule has 0 aromatic rings. The van der Waals surface area contributed by atoms with Gasteiger partial charge in [-0.2, -0.15) is 5.26 Å². The minimum Gasteiger partial charge on any atom is -0.302 e. The number of piperidine rings is 1. The fraction of sp³-hybridized carbons (Fsp3) is 0.900. The Morgan fingerprint density at radius 2 is 2.33 bits per heavy atom. The summed E-state index contributed by atoms with van der Waals surface area (Å²) in [6.07, 6.45) is 4.80. The second-order valence-electron chi connectivity index (χ2n) is 3.69. The first-order valence-corrected chi connectivity index (χ1v) is 4.89. The van der Waals surface area contributed by atoms with Crippen molar-refractivity contribution in [1.82, 2.24) is 4.90 Å². The molecule has 1 aliphatic heterocycles. The summed E-state index contributed by atoms with van der Waals surface area (Å²) in [6, 6.07) is 2.93. The van der Waals surface area contributed by atoms with Gasteiger partial charge in [-0.25, -0.2) is 0 Å². The van der Waals surface area contributed by atoms with Crippen molar-refractivity contribution in [1.29, 1.82) is 5.26 Å². The lowest BCUT2D eigenvalue weighted by molar-refractivity contribution is 0.148. The SMILES string of the molecule is CCC(C#N)C1CCCCN1C. The molecule has 2 atom stereocenters. The van der Waals surface area contributed by atoms with E-state index in [1.54, 1.807) is 0 Å². The van der Waals surface area contributed by atoms with E-state index in [2.05, 4.69) is 24.9 Å². The summed E-state index contributed by atoms with van der Waals surface area (Å²) in [4.78, 5) is 2.35. The third-order valence-electron chi connectivity index (χ3n) is 2.90. The number of nitrogens with zero attached hydrogens (tertiary/aromatic N) is 2. The zero-order valence-electron chi connectivity index (χ0n) is 8.08. The van der Waals surface area contributed by atoms with E-state index in [1.165, 1.54) is 25.8 Å². The normalized spacial score (nSPS) is 27.9. The van der Waals surface area contributed by atoms with Crippen molar-refractivity contribution in [3.8, 4) is 6.07 Å². The Morgan fingerprint density at radius 3 is 2.83 bits per heavy atom.